The number of rotatable bonds is 5. The van der Waals surface area contributed by atoms with Gasteiger partial charge in [-0.3, -0.25) is 19.6 Å². The SMILES string of the molecule is Cl.O=C(c1cnccn1)N(CCN1CCOCC1)c1nc2ccc(Br)cc2s1. The molecular formula is C18H19BrClN5O2S. The van der Waals surface area contributed by atoms with Gasteiger partial charge in [-0.1, -0.05) is 27.3 Å². The number of nitrogens with zero attached hydrogens (tertiary/aromatic N) is 5. The number of hydrogen-bond donors (Lipinski definition) is 0. The Balaban J connectivity index is 0.00000225. The van der Waals surface area contributed by atoms with Crippen molar-refractivity contribution in [3.8, 4) is 0 Å². The number of fused-ring (bicyclic) bond motifs is 1. The minimum atomic E-state index is -0.186. The normalized spacial score (nSPS) is 14.6. The number of carbonyl (C=O) groups excluding carboxylic acids is 1. The second-order valence-electron chi connectivity index (χ2n) is 6.11. The van der Waals surface area contributed by atoms with Gasteiger partial charge in [0.15, 0.2) is 5.13 Å². The highest BCUT2D eigenvalue weighted by Gasteiger charge is 2.23. The standard InChI is InChI=1S/C18H18BrN5O2S.ClH/c19-13-1-2-14-16(11-13)27-18(22-14)24(6-5-23-7-9-26-10-8-23)17(25)15-12-20-3-4-21-15;/h1-4,11-12H,5-10H2;1H. The Morgan fingerprint density at radius 1 is 1.29 bits per heavy atom. The van der Waals surface area contributed by atoms with Crippen LogP contribution in [0.1, 0.15) is 10.5 Å². The Kier molecular flexibility index (Phi) is 7.30. The van der Waals surface area contributed by atoms with Crippen molar-refractivity contribution in [3.63, 3.8) is 0 Å². The van der Waals surface area contributed by atoms with Crippen LogP contribution in [0.25, 0.3) is 10.2 Å². The van der Waals surface area contributed by atoms with Crippen molar-refractivity contribution in [2.75, 3.05) is 44.3 Å². The summed E-state index contributed by atoms with van der Waals surface area (Å²) in [5.41, 5.74) is 1.20. The second kappa shape index (κ2) is 9.71. The van der Waals surface area contributed by atoms with Crippen LogP contribution >= 0.6 is 39.7 Å². The van der Waals surface area contributed by atoms with Crippen LogP contribution in [-0.2, 0) is 4.74 Å². The van der Waals surface area contributed by atoms with Crippen molar-refractivity contribution in [1.82, 2.24) is 19.9 Å². The van der Waals surface area contributed by atoms with E-state index in [1.54, 1.807) is 11.1 Å². The first-order chi connectivity index (χ1) is 13.2. The number of benzene rings is 1. The van der Waals surface area contributed by atoms with E-state index in [0.717, 1.165) is 47.5 Å². The Labute approximate surface area is 181 Å². The average Bonchev–Trinajstić information content (AvgIpc) is 3.12. The van der Waals surface area contributed by atoms with Gasteiger partial charge in [-0.15, -0.1) is 12.4 Å². The summed E-state index contributed by atoms with van der Waals surface area (Å²) in [5.74, 6) is -0.186. The number of halogens is 2. The summed E-state index contributed by atoms with van der Waals surface area (Å²) < 4.78 is 7.43. The first-order valence-electron chi connectivity index (χ1n) is 8.65. The highest BCUT2D eigenvalue weighted by Crippen LogP contribution is 2.31. The third-order valence-corrected chi connectivity index (χ3v) is 5.88. The van der Waals surface area contributed by atoms with Crippen LogP contribution in [0, 0.1) is 0 Å². The van der Waals surface area contributed by atoms with Crippen molar-refractivity contribution in [1.29, 1.82) is 0 Å². The molecule has 2 aromatic heterocycles. The molecule has 148 valence electrons. The fourth-order valence-electron chi connectivity index (χ4n) is 2.90. The molecule has 7 nitrogen and oxygen atoms in total. The molecule has 1 aromatic carbocycles. The van der Waals surface area contributed by atoms with Crippen LogP contribution in [0.2, 0.25) is 0 Å². The molecule has 4 rings (SSSR count). The largest absolute Gasteiger partial charge is 0.379 e. The summed E-state index contributed by atoms with van der Waals surface area (Å²) in [7, 11) is 0. The maximum Gasteiger partial charge on any atom is 0.280 e. The van der Waals surface area contributed by atoms with Crippen LogP contribution in [0.3, 0.4) is 0 Å². The molecule has 10 heteroatoms. The summed E-state index contributed by atoms with van der Waals surface area (Å²) in [6, 6.07) is 5.92. The lowest BCUT2D eigenvalue weighted by Crippen LogP contribution is -2.43. The molecule has 1 aliphatic rings. The maximum absolute atomic E-state index is 13.1. The number of carbonyl (C=O) groups is 1. The van der Waals surface area contributed by atoms with Gasteiger partial charge in [-0.25, -0.2) is 9.97 Å². The molecule has 3 heterocycles. The maximum atomic E-state index is 13.1. The molecule has 0 saturated carbocycles. The van der Waals surface area contributed by atoms with Gasteiger partial charge in [0, 0.05) is 43.0 Å². The number of aromatic nitrogens is 3. The van der Waals surface area contributed by atoms with E-state index in [1.165, 1.54) is 23.7 Å². The first kappa shape index (κ1) is 21.1. The molecule has 0 radical (unpaired) electrons. The third-order valence-electron chi connectivity index (χ3n) is 4.34. The molecule has 0 N–H and O–H groups in total. The van der Waals surface area contributed by atoms with Gasteiger partial charge in [0.25, 0.3) is 5.91 Å². The summed E-state index contributed by atoms with van der Waals surface area (Å²) >= 11 is 4.99. The summed E-state index contributed by atoms with van der Waals surface area (Å²) in [5, 5.41) is 0.673. The zero-order valence-electron chi connectivity index (χ0n) is 15.0. The van der Waals surface area contributed by atoms with Gasteiger partial charge in [0.05, 0.1) is 29.6 Å². The molecule has 3 aromatic rings. The zero-order valence-corrected chi connectivity index (χ0v) is 18.2. The van der Waals surface area contributed by atoms with Crippen LogP contribution in [-0.4, -0.2) is 65.2 Å². The predicted molar refractivity (Wildman–Crippen MR) is 116 cm³/mol. The molecule has 1 amide bonds. The summed E-state index contributed by atoms with van der Waals surface area (Å²) in [6.45, 7) is 4.51. The van der Waals surface area contributed by atoms with Crippen LogP contribution < -0.4 is 4.90 Å². The van der Waals surface area contributed by atoms with Gasteiger partial charge in [0.1, 0.15) is 5.69 Å². The third kappa shape index (κ3) is 4.84. The quantitative estimate of drug-likeness (QED) is 0.554. The summed E-state index contributed by atoms with van der Waals surface area (Å²) in [4.78, 5) is 30.0. The lowest BCUT2D eigenvalue weighted by atomic mass is 10.3. The minimum Gasteiger partial charge on any atom is -0.379 e. The van der Waals surface area contributed by atoms with E-state index in [-0.39, 0.29) is 18.3 Å². The molecule has 0 unspecified atom stereocenters. The fraction of sp³-hybridized carbons (Fsp3) is 0.333. The Hall–Kier alpha value is -1.65. The van der Waals surface area contributed by atoms with Crippen molar-refractivity contribution in [2.24, 2.45) is 0 Å². The Morgan fingerprint density at radius 2 is 2.11 bits per heavy atom. The second-order valence-corrected chi connectivity index (χ2v) is 8.03. The smallest absolute Gasteiger partial charge is 0.280 e. The zero-order chi connectivity index (χ0) is 18.6. The van der Waals surface area contributed by atoms with Gasteiger partial charge >= 0.3 is 0 Å². The van der Waals surface area contributed by atoms with Gasteiger partial charge in [-0.2, -0.15) is 0 Å². The predicted octanol–water partition coefficient (Wildman–Crippen LogP) is 3.25. The molecule has 28 heavy (non-hydrogen) atoms. The highest BCUT2D eigenvalue weighted by molar-refractivity contribution is 9.10. The van der Waals surface area contributed by atoms with Crippen LogP contribution in [0.5, 0.6) is 0 Å². The Morgan fingerprint density at radius 3 is 2.86 bits per heavy atom. The van der Waals surface area contributed by atoms with E-state index >= 15 is 0 Å². The number of hydrogen-bond acceptors (Lipinski definition) is 7. The van der Waals surface area contributed by atoms with Gasteiger partial charge < -0.3 is 4.74 Å². The summed E-state index contributed by atoms with van der Waals surface area (Å²) in [6.07, 6.45) is 4.58. The monoisotopic (exact) mass is 483 g/mol. The Bertz CT molecular complexity index is 936. The fourth-order valence-corrected chi connectivity index (χ4v) is 4.44. The van der Waals surface area contributed by atoms with E-state index in [9.17, 15) is 4.79 Å². The molecule has 0 atom stereocenters. The number of anilines is 1. The molecule has 1 aliphatic heterocycles. The van der Waals surface area contributed by atoms with Gasteiger partial charge in [0.2, 0.25) is 0 Å². The molecule has 0 spiro atoms. The van der Waals surface area contributed by atoms with E-state index in [4.69, 9.17) is 4.74 Å². The van der Waals surface area contributed by atoms with Crippen molar-refractivity contribution >= 4 is 60.9 Å². The van der Waals surface area contributed by atoms with Crippen molar-refractivity contribution in [2.45, 2.75) is 0 Å². The molecule has 1 fully saturated rings. The van der Waals surface area contributed by atoms with Crippen molar-refractivity contribution in [3.05, 3.63) is 47.0 Å². The van der Waals surface area contributed by atoms with Crippen LogP contribution in [0.4, 0.5) is 5.13 Å². The van der Waals surface area contributed by atoms with E-state index in [2.05, 4.69) is 35.8 Å². The number of morpholine rings is 1. The van der Waals surface area contributed by atoms with Crippen LogP contribution in [0.15, 0.2) is 41.3 Å². The molecule has 0 bridgehead atoms. The molecular weight excluding hydrogens is 466 g/mol. The first-order valence-corrected chi connectivity index (χ1v) is 10.3. The lowest BCUT2D eigenvalue weighted by Gasteiger charge is -2.29. The highest BCUT2D eigenvalue weighted by atomic mass is 79.9. The number of thiazole rings is 1. The van der Waals surface area contributed by atoms with Gasteiger partial charge in [-0.05, 0) is 18.2 Å². The average molecular weight is 485 g/mol. The topological polar surface area (TPSA) is 71.5 Å². The van der Waals surface area contributed by atoms with E-state index in [0.29, 0.717) is 17.4 Å². The minimum absolute atomic E-state index is 0. The number of amides is 1. The van der Waals surface area contributed by atoms with Crippen molar-refractivity contribution < 1.29 is 9.53 Å². The molecule has 0 aliphatic carbocycles. The van der Waals surface area contributed by atoms with E-state index < -0.39 is 0 Å². The number of ether oxygens (including phenoxy) is 1. The molecule has 1 saturated heterocycles. The van der Waals surface area contributed by atoms with E-state index in [1.807, 2.05) is 18.2 Å². The lowest BCUT2D eigenvalue weighted by molar-refractivity contribution is 0.0391.